The normalized spacial score (nSPS) is 10.5. The Morgan fingerprint density at radius 1 is 1.62 bits per heavy atom. The van der Waals surface area contributed by atoms with Crippen LogP contribution in [0.1, 0.15) is 28.2 Å². The summed E-state index contributed by atoms with van der Waals surface area (Å²) in [6, 6.07) is 1.24. The van der Waals surface area contributed by atoms with E-state index in [1.54, 1.807) is 0 Å². The van der Waals surface area contributed by atoms with Crippen LogP contribution in [0, 0.1) is 6.92 Å². The van der Waals surface area contributed by atoms with E-state index < -0.39 is 17.9 Å². The van der Waals surface area contributed by atoms with Crippen molar-refractivity contribution in [1.29, 1.82) is 0 Å². The molecule has 0 aromatic carbocycles. The molecule has 1 aromatic rings. The molecule has 70 valence electrons. The Balaban J connectivity index is 3.35. The minimum atomic E-state index is -2.88. The van der Waals surface area contributed by atoms with E-state index in [0.29, 0.717) is 6.29 Å². The van der Waals surface area contributed by atoms with Gasteiger partial charge in [0.1, 0.15) is 5.69 Å². The Morgan fingerprint density at radius 3 is 2.69 bits per heavy atom. The zero-order valence-corrected chi connectivity index (χ0v) is 6.79. The Bertz CT molecular complexity index is 339. The van der Waals surface area contributed by atoms with Crippen LogP contribution in [0.3, 0.4) is 0 Å². The third kappa shape index (κ3) is 1.80. The van der Waals surface area contributed by atoms with Gasteiger partial charge in [0, 0.05) is 5.69 Å². The molecule has 0 unspecified atom stereocenters. The summed E-state index contributed by atoms with van der Waals surface area (Å²) in [5.74, 6) is -0.740. The zero-order valence-electron chi connectivity index (χ0n) is 6.79. The molecule has 0 aliphatic carbocycles. The maximum Gasteiger partial charge on any atom is 0.284 e. The molecule has 0 spiro atoms. The first-order chi connectivity index (χ1) is 6.06. The van der Waals surface area contributed by atoms with Crippen LogP contribution in [0.2, 0.25) is 0 Å². The molecule has 0 aliphatic rings. The van der Waals surface area contributed by atoms with E-state index in [4.69, 9.17) is 5.11 Å². The topological polar surface area (TPSA) is 50.2 Å². The molecular weight excluding hydrogens is 180 g/mol. The Kier molecular flexibility index (Phi) is 2.55. The van der Waals surface area contributed by atoms with E-state index in [0.717, 1.165) is 0 Å². The standard InChI is InChI=1S/C8H7F2NO2/c1-4-2-5(3-12)7(13)6(11-4)8(9)10/h2-3,8,13H,1H3. The number of nitrogens with zero attached hydrogens (tertiary/aromatic N) is 1. The van der Waals surface area contributed by atoms with Crippen LogP contribution in [-0.2, 0) is 0 Å². The minimum absolute atomic E-state index is 0.164. The van der Waals surface area contributed by atoms with Gasteiger partial charge in [-0.05, 0) is 13.0 Å². The number of aromatic hydroxyl groups is 1. The molecule has 1 N–H and O–H groups in total. The SMILES string of the molecule is Cc1cc(C=O)c(O)c(C(F)F)n1. The molecule has 0 bridgehead atoms. The van der Waals surface area contributed by atoms with Crippen molar-refractivity contribution in [3.8, 4) is 5.75 Å². The molecule has 0 amide bonds. The van der Waals surface area contributed by atoms with E-state index in [9.17, 15) is 13.6 Å². The highest BCUT2D eigenvalue weighted by molar-refractivity contribution is 5.79. The highest BCUT2D eigenvalue weighted by Gasteiger charge is 2.17. The van der Waals surface area contributed by atoms with Crippen molar-refractivity contribution >= 4 is 6.29 Å². The fraction of sp³-hybridized carbons (Fsp3) is 0.250. The number of aldehydes is 1. The van der Waals surface area contributed by atoms with Gasteiger partial charge in [-0.3, -0.25) is 4.79 Å². The van der Waals surface area contributed by atoms with E-state index in [1.807, 2.05) is 0 Å². The van der Waals surface area contributed by atoms with Crippen molar-refractivity contribution < 1.29 is 18.7 Å². The average Bonchev–Trinajstić information content (AvgIpc) is 2.08. The first-order valence-corrected chi connectivity index (χ1v) is 3.50. The molecule has 0 aliphatic heterocycles. The number of halogens is 2. The van der Waals surface area contributed by atoms with E-state index in [-0.39, 0.29) is 11.3 Å². The van der Waals surface area contributed by atoms with Gasteiger partial charge < -0.3 is 5.11 Å². The number of alkyl halides is 2. The Labute approximate surface area is 73.0 Å². The highest BCUT2D eigenvalue weighted by Crippen LogP contribution is 2.28. The van der Waals surface area contributed by atoms with Crippen molar-refractivity contribution in [3.63, 3.8) is 0 Å². The first-order valence-electron chi connectivity index (χ1n) is 3.50. The smallest absolute Gasteiger partial charge is 0.284 e. The van der Waals surface area contributed by atoms with Crippen molar-refractivity contribution in [2.45, 2.75) is 13.3 Å². The maximum absolute atomic E-state index is 12.2. The fourth-order valence-electron chi connectivity index (χ4n) is 0.958. The third-order valence-electron chi connectivity index (χ3n) is 1.51. The Hall–Kier alpha value is -1.52. The van der Waals surface area contributed by atoms with Gasteiger partial charge in [-0.15, -0.1) is 0 Å². The lowest BCUT2D eigenvalue weighted by atomic mass is 10.2. The summed E-state index contributed by atoms with van der Waals surface area (Å²) in [5.41, 5.74) is -0.639. The lowest BCUT2D eigenvalue weighted by molar-refractivity contribution is 0.111. The third-order valence-corrected chi connectivity index (χ3v) is 1.51. The van der Waals surface area contributed by atoms with Gasteiger partial charge in [-0.1, -0.05) is 0 Å². The molecule has 5 heteroatoms. The summed E-state index contributed by atoms with van der Waals surface area (Å²) in [4.78, 5) is 13.7. The quantitative estimate of drug-likeness (QED) is 0.718. The predicted octanol–water partition coefficient (Wildman–Crippen LogP) is 1.85. The summed E-state index contributed by atoms with van der Waals surface area (Å²) >= 11 is 0. The van der Waals surface area contributed by atoms with Crippen LogP contribution in [0.15, 0.2) is 6.07 Å². The molecule has 1 aromatic heterocycles. The number of hydrogen-bond donors (Lipinski definition) is 1. The first kappa shape index (κ1) is 9.57. The van der Waals surface area contributed by atoms with E-state index >= 15 is 0 Å². The van der Waals surface area contributed by atoms with E-state index in [1.165, 1.54) is 13.0 Å². The van der Waals surface area contributed by atoms with Gasteiger partial charge in [-0.2, -0.15) is 0 Å². The second-order valence-electron chi connectivity index (χ2n) is 2.51. The van der Waals surface area contributed by atoms with Gasteiger partial charge in [0.15, 0.2) is 12.0 Å². The molecule has 0 saturated heterocycles. The Morgan fingerprint density at radius 2 is 2.23 bits per heavy atom. The minimum Gasteiger partial charge on any atom is -0.505 e. The number of carbonyl (C=O) groups excluding carboxylic acids is 1. The number of rotatable bonds is 2. The van der Waals surface area contributed by atoms with Crippen LogP contribution in [0.4, 0.5) is 8.78 Å². The monoisotopic (exact) mass is 187 g/mol. The van der Waals surface area contributed by atoms with Gasteiger partial charge in [0.25, 0.3) is 6.43 Å². The summed E-state index contributed by atoms with van der Waals surface area (Å²) in [5, 5.41) is 9.11. The van der Waals surface area contributed by atoms with Crippen LogP contribution >= 0.6 is 0 Å². The second kappa shape index (κ2) is 3.47. The molecule has 0 saturated carbocycles. The van der Waals surface area contributed by atoms with Crippen molar-refractivity contribution in [2.75, 3.05) is 0 Å². The van der Waals surface area contributed by atoms with Gasteiger partial charge in [0.2, 0.25) is 0 Å². The molecule has 3 nitrogen and oxygen atoms in total. The summed E-state index contributed by atoms with van der Waals surface area (Å²) in [6.45, 7) is 1.47. The van der Waals surface area contributed by atoms with Crippen molar-refractivity contribution in [3.05, 3.63) is 23.0 Å². The van der Waals surface area contributed by atoms with Crippen LogP contribution in [-0.4, -0.2) is 16.4 Å². The van der Waals surface area contributed by atoms with Crippen LogP contribution in [0.5, 0.6) is 5.75 Å². The molecule has 0 radical (unpaired) electrons. The zero-order chi connectivity index (χ0) is 10.0. The van der Waals surface area contributed by atoms with Gasteiger partial charge in [0.05, 0.1) is 5.56 Å². The molecule has 13 heavy (non-hydrogen) atoms. The molecule has 1 heterocycles. The number of hydrogen-bond acceptors (Lipinski definition) is 3. The van der Waals surface area contributed by atoms with E-state index in [2.05, 4.69) is 4.98 Å². The number of pyridine rings is 1. The summed E-state index contributed by atoms with van der Waals surface area (Å²) in [6.07, 6.45) is -2.56. The number of aryl methyl sites for hydroxylation is 1. The second-order valence-corrected chi connectivity index (χ2v) is 2.51. The van der Waals surface area contributed by atoms with Crippen molar-refractivity contribution in [1.82, 2.24) is 4.98 Å². The lowest BCUT2D eigenvalue weighted by Crippen LogP contribution is -1.97. The van der Waals surface area contributed by atoms with Crippen molar-refractivity contribution in [2.24, 2.45) is 0 Å². The summed E-state index contributed by atoms with van der Waals surface area (Å²) < 4.78 is 24.4. The molecular formula is C8H7F2NO2. The van der Waals surface area contributed by atoms with Gasteiger partial charge >= 0.3 is 0 Å². The lowest BCUT2D eigenvalue weighted by Gasteiger charge is -2.05. The molecule has 1 rings (SSSR count). The summed E-state index contributed by atoms with van der Waals surface area (Å²) in [7, 11) is 0. The predicted molar refractivity (Wildman–Crippen MR) is 41.0 cm³/mol. The highest BCUT2D eigenvalue weighted by atomic mass is 19.3. The average molecular weight is 187 g/mol. The number of carbonyl (C=O) groups is 1. The van der Waals surface area contributed by atoms with Crippen LogP contribution < -0.4 is 0 Å². The maximum atomic E-state index is 12.2. The molecule has 0 atom stereocenters. The fourth-order valence-corrected chi connectivity index (χ4v) is 0.958. The van der Waals surface area contributed by atoms with Crippen LogP contribution in [0.25, 0.3) is 0 Å². The largest absolute Gasteiger partial charge is 0.505 e. The number of aromatic nitrogens is 1. The van der Waals surface area contributed by atoms with Gasteiger partial charge in [-0.25, -0.2) is 13.8 Å². The molecule has 0 fully saturated rings.